The Balaban J connectivity index is 0.000000152. The molecule has 4 aromatic rings. The molecule has 0 spiro atoms. The molecule has 0 bridgehead atoms. The number of hydrogen-bond acceptors (Lipinski definition) is 8. The van der Waals surface area contributed by atoms with Crippen molar-refractivity contribution in [2.75, 3.05) is 30.3 Å². The number of benzene rings is 4. The number of fused-ring (bicyclic) bond motifs is 6. The van der Waals surface area contributed by atoms with Crippen LogP contribution in [0.2, 0.25) is 0 Å². The van der Waals surface area contributed by atoms with Crippen molar-refractivity contribution in [1.29, 1.82) is 0 Å². The Kier molecular flexibility index (Phi) is 9.10. The van der Waals surface area contributed by atoms with Crippen molar-refractivity contribution < 1.29 is 16.8 Å². The minimum absolute atomic E-state index is 0.350. The van der Waals surface area contributed by atoms with Gasteiger partial charge in [-0.15, -0.1) is 0 Å². The smallest absolute Gasteiger partial charge is 0.206 e. The molecule has 4 aliphatic heterocycles. The van der Waals surface area contributed by atoms with Gasteiger partial charge in [-0.2, -0.15) is 0 Å². The number of sulfone groups is 2. The van der Waals surface area contributed by atoms with Crippen LogP contribution in [0.3, 0.4) is 0 Å². The normalized spacial score (nSPS) is 26.1. The van der Waals surface area contributed by atoms with Gasteiger partial charge in [-0.1, -0.05) is 43.3 Å². The largest absolute Gasteiger partial charge is 0.381 e. The Morgan fingerprint density at radius 3 is 1.77 bits per heavy atom. The van der Waals surface area contributed by atoms with E-state index in [9.17, 15) is 16.8 Å². The van der Waals surface area contributed by atoms with E-state index in [1.54, 1.807) is 60.7 Å². The quantitative estimate of drug-likeness (QED) is 0.201. The van der Waals surface area contributed by atoms with Crippen LogP contribution in [0.25, 0.3) is 0 Å². The number of nitrogens with one attached hydrogen (secondary N) is 4. The van der Waals surface area contributed by atoms with Crippen LogP contribution in [0.15, 0.2) is 117 Å². The fraction of sp³-hybridized carbons (Fsp3) is 0.368. The van der Waals surface area contributed by atoms with Crippen molar-refractivity contribution >= 4 is 31.0 Å². The van der Waals surface area contributed by atoms with E-state index in [0.29, 0.717) is 55.5 Å². The van der Waals surface area contributed by atoms with E-state index in [1.165, 1.54) is 0 Å². The van der Waals surface area contributed by atoms with E-state index in [2.05, 4.69) is 35.1 Å². The van der Waals surface area contributed by atoms with Gasteiger partial charge in [0, 0.05) is 41.3 Å². The van der Waals surface area contributed by atoms with E-state index in [-0.39, 0.29) is 0 Å². The predicted molar refractivity (Wildman–Crippen MR) is 190 cm³/mol. The van der Waals surface area contributed by atoms with Crippen LogP contribution < -0.4 is 21.3 Å². The molecule has 252 valence electrons. The van der Waals surface area contributed by atoms with Crippen LogP contribution in [0.4, 0.5) is 11.4 Å². The lowest BCUT2D eigenvalue weighted by Gasteiger charge is -2.22. The summed E-state index contributed by atoms with van der Waals surface area (Å²) in [4.78, 5) is 1.48. The Labute approximate surface area is 284 Å². The lowest BCUT2D eigenvalue weighted by Crippen LogP contribution is -2.25. The zero-order valence-corrected chi connectivity index (χ0v) is 29.0. The Hall–Kier alpha value is -3.70. The molecular weight excluding hydrogens is 641 g/mol. The third kappa shape index (κ3) is 6.27. The summed E-state index contributed by atoms with van der Waals surface area (Å²) in [6, 6.07) is 29.6. The second kappa shape index (κ2) is 13.3. The Morgan fingerprint density at radius 1 is 0.604 bits per heavy atom. The fourth-order valence-electron chi connectivity index (χ4n) is 7.94. The summed E-state index contributed by atoms with van der Waals surface area (Å²) in [5.74, 6) is 1.21. The highest BCUT2D eigenvalue weighted by Gasteiger charge is 2.38. The molecule has 0 aliphatic carbocycles. The zero-order valence-electron chi connectivity index (χ0n) is 27.4. The van der Waals surface area contributed by atoms with Crippen molar-refractivity contribution in [2.24, 2.45) is 5.92 Å². The molecule has 0 aromatic heterocycles. The number of hydrogen-bond donors (Lipinski definition) is 4. The first-order valence-electron chi connectivity index (χ1n) is 17.0. The first-order chi connectivity index (χ1) is 23.1. The van der Waals surface area contributed by atoms with Gasteiger partial charge >= 0.3 is 0 Å². The summed E-state index contributed by atoms with van der Waals surface area (Å²) in [5, 5.41) is 14.2. The third-order valence-electron chi connectivity index (χ3n) is 10.4. The Morgan fingerprint density at radius 2 is 1.15 bits per heavy atom. The second-order valence-corrected chi connectivity index (χ2v) is 17.5. The molecule has 4 heterocycles. The maximum absolute atomic E-state index is 12.9. The molecule has 8 nitrogen and oxygen atoms in total. The highest BCUT2D eigenvalue weighted by molar-refractivity contribution is 7.91. The van der Waals surface area contributed by atoms with Gasteiger partial charge in [0.2, 0.25) is 19.7 Å². The molecule has 4 N–H and O–H groups in total. The molecule has 4 aliphatic rings. The van der Waals surface area contributed by atoms with Gasteiger partial charge in [0.1, 0.15) is 0 Å². The van der Waals surface area contributed by atoms with Crippen LogP contribution in [-0.2, 0) is 19.7 Å². The van der Waals surface area contributed by atoms with Crippen LogP contribution in [0.1, 0.15) is 56.1 Å². The average molecular weight is 685 g/mol. The van der Waals surface area contributed by atoms with Gasteiger partial charge < -0.3 is 21.3 Å². The van der Waals surface area contributed by atoms with E-state index < -0.39 is 19.7 Å². The topological polar surface area (TPSA) is 116 Å². The van der Waals surface area contributed by atoms with Gasteiger partial charge in [-0.25, -0.2) is 16.8 Å². The number of anilines is 2. The van der Waals surface area contributed by atoms with Gasteiger partial charge in [-0.05, 0) is 124 Å². The molecule has 0 radical (unpaired) electrons. The average Bonchev–Trinajstić information content (AvgIpc) is 3.50. The molecular formula is C38H44N4O4S2. The maximum Gasteiger partial charge on any atom is 0.206 e. The summed E-state index contributed by atoms with van der Waals surface area (Å²) in [7, 11) is -6.93. The van der Waals surface area contributed by atoms with Crippen LogP contribution in [0, 0.1) is 5.92 Å². The molecule has 8 rings (SSSR count). The molecule has 2 unspecified atom stereocenters. The van der Waals surface area contributed by atoms with E-state index in [0.717, 1.165) is 61.4 Å². The van der Waals surface area contributed by atoms with Gasteiger partial charge in [0.05, 0.1) is 19.6 Å². The molecule has 4 aromatic carbocycles. The van der Waals surface area contributed by atoms with Gasteiger partial charge in [0.25, 0.3) is 0 Å². The third-order valence-corrected chi connectivity index (χ3v) is 13.9. The lowest BCUT2D eigenvalue weighted by molar-refractivity contribution is 0.443. The molecule has 2 saturated heterocycles. The van der Waals surface area contributed by atoms with E-state index in [4.69, 9.17) is 0 Å². The predicted octanol–water partition coefficient (Wildman–Crippen LogP) is 6.20. The minimum Gasteiger partial charge on any atom is -0.381 e. The summed E-state index contributed by atoms with van der Waals surface area (Å²) < 4.78 is 51.6. The summed E-state index contributed by atoms with van der Waals surface area (Å²) in [6.45, 7) is 7.41. The second-order valence-electron chi connectivity index (χ2n) is 13.6. The molecule has 10 heteroatoms. The molecule has 6 atom stereocenters. The SMILES string of the molecule is CC1CNCC[C@H]2Nc3ccc(S(=O)(=O)c4ccccc4)cc3[C@H]12.CC1C[C@H]2c3cc(S(=O)(=O)c4ccccc4)ccc3N[C@@H]2CCN1. The molecule has 2 fully saturated rings. The Bertz CT molecular complexity index is 1990. The van der Waals surface area contributed by atoms with Crippen LogP contribution in [-0.4, -0.2) is 54.6 Å². The number of rotatable bonds is 4. The van der Waals surface area contributed by atoms with Crippen LogP contribution in [0.5, 0.6) is 0 Å². The molecule has 0 saturated carbocycles. The highest BCUT2D eigenvalue weighted by atomic mass is 32.2. The molecule has 0 amide bonds. The van der Waals surface area contributed by atoms with Gasteiger partial charge in [-0.3, -0.25) is 0 Å². The minimum atomic E-state index is -3.47. The van der Waals surface area contributed by atoms with Crippen molar-refractivity contribution in [3.8, 4) is 0 Å². The van der Waals surface area contributed by atoms with E-state index in [1.807, 2.05) is 36.4 Å². The van der Waals surface area contributed by atoms with Crippen molar-refractivity contribution in [2.45, 2.75) is 82.7 Å². The molecule has 48 heavy (non-hydrogen) atoms. The van der Waals surface area contributed by atoms with E-state index >= 15 is 0 Å². The van der Waals surface area contributed by atoms with Crippen LogP contribution >= 0.6 is 0 Å². The van der Waals surface area contributed by atoms with Gasteiger partial charge in [0.15, 0.2) is 0 Å². The maximum atomic E-state index is 12.9. The summed E-state index contributed by atoms with van der Waals surface area (Å²) in [5.41, 5.74) is 4.47. The summed E-state index contributed by atoms with van der Waals surface area (Å²) in [6.07, 6.45) is 3.15. The standard InChI is InChI=1S/2C19H22N2O2S/c1-13-12-20-10-9-18-19(13)16-11-15(7-8-17(16)21-18)24(22,23)14-5-3-2-4-6-14;1-13-11-16-17-12-15(24(22,23)14-5-3-2-4-6-14)7-8-18(17)21-19(16)9-10-20-13/h2-8,11,13,18-21H,9-10,12H2,1H3;2-8,12-13,16,19-21H,9-11H2,1H3/t13?,18-,19+;13?,16-,19+/m10/s1. The lowest BCUT2D eigenvalue weighted by atomic mass is 9.84. The fourth-order valence-corrected chi connectivity index (χ4v) is 10.6. The highest BCUT2D eigenvalue weighted by Crippen LogP contribution is 2.44. The monoisotopic (exact) mass is 684 g/mol. The van der Waals surface area contributed by atoms with Crippen molar-refractivity contribution in [1.82, 2.24) is 10.6 Å². The first kappa shape index (κ1) is 32.8. The zero-order chi connectivity index (χ0) is 33.5. The summed E-state index contributed by atoms with van der Waals surface area (Å²) >= 11 is 0. The van der Waals surface area contributed by atoms with Crippen molar-refractivity contribution in [3.63, 3.8) is 0 Å². The first-order valence-corrected chi connectivity index (χ1v) is 19.9. The van der Waals surface area contributed by atoms with Crippen molar-refractivity contribution in [3.05, 3.63) is 108 Å².